The molecule has 0 bridgehead atoms. The molecule has 0 radical (unpaired) electrons. The van der Waals surface area contributed by atoms with Gasteiger partial charge in [0.05, 0.1) is 24.4 Å². The number of nitrogens with zero attached hydrogens (tertiary/aromatic N) is 5. The van der Waals surface area contributed by atoms with Crippen LogP contribution >= 0.6 is 0 Å². The molecule has 8 heteroatoms. The van der Waals surface area contributed by atoms with E-state index in [2.05, 4.69) is 0 Å². The lowest BCUT2D eigenvalue weighted by atomic mass is 10.0. The van der Waals surface area contributed by atoms with Crippen molar-refractivity contribution in [2.45, 2.75) is 58.7 Å². The van der Waals surface area contributed by atoms with Crippen molar-refractivity contribution in [3.8, 4) is 0 Å². The van der Waals surface area contributed by atoms with Gasteiger partial charge in [0.25, 0.3) is 0 Å². The highest BCUT2D eigenvalue weighted by molar-refractivity contribution is 5.78. The van der Waals surface area contributed by atoms with Crippen molar-refractivity contribution < 1.29 is 14.3 Å². The maximum absolute atomic E-state index is 12.7. The minimum Gasteiger partial charge on any atom is -0.369 e. The van der Waals surface area contributed by atoms with E-state index in [4.69, 9.17) is 14.7 Å². The average molecular weight is 392 g/mol. The fourth-order valence-electron chi connectivity index (χ4n) is 3.14. The van der Waals surface area contributed by atoms with Gasteiger partial charge in [-0.1, -0.05) is 0 Å². The monoisotopic (exact) mass is 391 g/mol. The molecule has 0 spiro atoms. The summed E-state index contributed by atoms with van der Waals surface area (Å²) in [7, 11) is 5.59. The molecular weight excluding hydrogens is 358 g/mol. The van der Waals surface area contributed by atoms with Crippen LogP contribution in [0.5, 0.6) is 0 Å². The average Bonchev–Trinajstić information content (AvgIpc) is 2.65. The molecule has 2 amide bonds. The van der Waals surface area contributed by atoms with Crippen molar-refractivity contribution in [1.29, 1.82) is 0 Å². The summed E-state index contributed by atoms with van der Waals surface area (Å²) >= 11 is 0. The largest absolute Gasteiger partial charge is 0.369 e. The summed E-state index contributed by atoms with van der Waals surface area (Å²) in [4.78, 5) is 39.2. The van der Waals surface area contributed by atoms with Gasteiger partial charge in [0.1, 0.15) is 12.4 Å². The Morgan fingerprint density at radius 3 is 2.57 bits per heavy atom. The molecule has 0 N–H and O–H groups in total. The Morgan fingerprint density at radius 1 is 1.25 bits per heavy atom. The van der Waals surface area contributed by atoms with E-state index < -0.39 is 0 Å². The molecule has 1 aromatic rings. The highest BCUT2D eigenvalue weighted by Crippen LogP contribution is 2.30. The van der Waals surface area contributed by atoms with Gasteiger partial charge in [0, 0.05) is 40.7 Å². The first-order valence-electron chi connectivity index (χ1n) is 9.87. The topological polar surface area (TPSA) is 78.9 Å². The normalized spacial score (nSPS) is 17.0. The molecular formula is C20H33N5O3. The first-order chi connectivity index (χ1) is 13.2. The van der Waals surface area contributed by atoms with Gasteiger partial charge in [-0.2, -0.15) is 0 Å². The molecule has 28 heavy (non-hydrogen) atoms. The number of piperidine rings is 1. The van der Waals surface area contributed by atoms with E-state index in [1.54, 1.807) is 11.9 Å². The Morgan fingerprint density at radius 2 is 1.96 bits per heavy atom. The second-order valence-corrected chi connectivity index (χ2v) is 7.80. The van der Waals surface area contributed by atoms with Crippen LogP contribution in [0.15, 0.2) is 6.07 Å². The van der Waals surface area contributed by atoms with Gasteiger partial charge < -0.3 is 19.4 Å². The zero-order chi connectivity index (χ0) is 20.8. The van der Waals surface area contributed by atoms with Crippen LogP contribution in [-0.2, 0) is 20.9 Å². The summed E-state index contributed by atoms with van der Waals surface area (Å²) in [5, 5.41) is 0. The van der Waals surface area contributed by atoms with Crippen molar-refractivity contribution in [1.82, 2.24) is 19.8 Å². The van der Waals surface area contributed by atoms with Crippen LogP contribution in [0.2, 0.25) is 0 Å². The number of ether oxygens (including phenoxy) is 1. The van der Waals surface area contributed by atoms with Crippen LogP contribution in [-0.4, -0.2) is 72.0 Å². The predicted molar refractivity (Wildman–Crippen MR) is 108 cm³/mol. The first-order valence-corrected chi connectivity index (χ1v) is 9.87. The maximum atomic E-state index is 12.7. The molecule has 1 aromatic heterocycles. The van der Waals surface area contributed by atoms with E-state index >= 15 is 0 Å². The quantitative estimate of drug-likeness (QED) is 0.707. The summed E-state index contributed by atoms with van der Waals surface area (Å²) in [5.41, 5.74) is 0.766. The summed E-state index contributed by atoms with van der Waals surface area (Å²) in [5.74, 6) is 1.36. The lowest BCUT2D eigenvalue weighted by Gasteiger charge is -2.35. The Bertz CT molecular complexity index is 692. The Balaban J connectivity index is 2.32. The molecule has 1 atom stereocenters. The van der Waals surface area contributed by atoms with Gasteiger partial charge >= 0.3 is 0 Å². The van der Waals surface area contributed by atoms with Crippen LogP contribution < -0.4 is 4.90 Å². The molecule has 156 valence electrons. The Kier molecular flexibility index (Phi) is 7.74. The van der Waals surface area contributed by atoms with Crippen LogP contribution in [0, 0.1) is 0 Å². The van der Waals surface area contributed by atoms with Crippen molar-refractivity contribution >= 4 is 17.6 Å². The number of carbonyl (C=O) groups excluding carboxylic acids is 2. The van der Waals surface area contributed by atoms with E-state index in [0.717, 1.165) is 30.8 Å². The van der Waals surface area contributed by atoms with Crippen LogP contribution in [0.3, 0.4) is 0 Å². The van der Waals surface area contributed by atoms with Crippen LogP contribution in [0.1, 0.15) is 57.6 Å². The number of hydrogen-bond donors (Lipinski definition) is 0. The van der Waals surface area contributed by atoms with Crippen LogP contribution in [0.25, 0.3) is 0 Å². The number of aromatic nitrogens is 2. The maximum Gasteiger partial charge on any atom is 0.249 e. The second kappa shape index (κ2) is 9.82. The lowest BCUT2D eigenvalue weighted by molar-refractivity contribution is -0.141. The standard InChI is InChI=1S/C20H33N5O3/c1-14(2)28-13-19(27)25-10-8-7-9-17(25)20-21-16(12-24(6)15(3)26)11-18(22-20)23(4)5/h11,14,17H,7-10,12-13H2,1-6H3. The van der Waals surface area contributed by atoms with E-state index in [1.807, 2.05) is 43.8 Å². The first kappa shape index (κ1) is 22.1. The Hall–Kier alpha value is -2.22. The molecule has 1 aliphatic heterocycles. The molecule has 1 aliphatic rings. The molecule has 1 unspecified atom stereocenters. The minimum atomic E-state index is -0.168. The third-order valence-corrected chi connectivity index (χ3v) is 4.84. The molecule has 0 aliphatic carbocycles. The van der Waals surface area contributed by atoms with Crippen molar-refractivity contribution in [3.05, 3.63) is 17.6 Å². The fraction of sp³-hybridized carbons (Fsp3) is 0.700. The molecule has 1 fully saturated rings. The third-order valence-electron chi connectivity index (χ3n) is 4.84. The number of anilines is 1. The zero-order valence-corrected chi connectivity index (χ0v) is 17.9. The van der Waals surface area contributed by atoms with Gasteiger partial charge in [0.15, 0.2) is 5.82 Å². The molecule has 1 saturated heterocycles. The minimum absolute atomic E-state index is 0.00855. The fourth-order valence-corrected chi connectivity index (χ4v) is 3.14. The zero-order valence-electron chi connectivity index (χ0n) is 17.9. The van der Waals surface area contributed by atoms with Gasteiger partial charge in [-0.15, -0.1) is 0 Å². The number of carbonyl (C=O) groups is 2. The van der Waals surface area contributed by atoms with Crippen molar-refractivity contribution in [2.75, 3.05) is 39.2 Å². The molecule has 0 aromatic carbocycles. The summed E-state index contributed by atoms with van der Waals surface area (Å²) in [6, 6.07) is 1.72. The van der Waals surface area contributed by atoms with E-state index in [1.165, 1.54) is 6.92 Å². The molecule has 2 rings (SSSR count). The highest BCUT2D eigenvalue weighted by Gasteiger charge is 2.31. The summed E-state index contributed by atoms with van der Waals surface area (Å²) in [6.07, 6.45) is 2.83. The number of rotatable bonds is 7. The Labute approximate surface area is 167 Å². The number of amides is 2. The third kappa shape index (κ3) is 5.89. The van der Waals surface area contributed by atoms with Crippen molar-refractivity contribution in [3.63, 3.8) is 0 Å². The number of hydrogen-bond acceptors (Lipinski definition) is 6. The second-order valence-electron chi connectivity index (χ2n) is 7.80. The molecule has 8 nitrogen and oxygen atoms in total. The SMILES string of the molecule is CC(=O)N(C)Cc1cc(N(C)C)nc(C2CCCCN2C(=O)COC(C)C)n1. The van der Waals surface area contributed by atoms with Crippen LogP contribution in [0.4, 0.5) is 5.82 Å². The lowest BCUT2D eigenvalue weighted by Crippen LogP contribution is -2.41. The summed E-state index contributed by atoms with van der Waals surface area (Å²) in [6.45, 7) is 6.53. The predicted octanol–water partition coefficient (Wildman–Crippen LogP) is 2.00. The van der Waals surface area contributed by atoms with Gasteiger partial charge in [-0.3, -0.25) is 9.59 Å². The van der Waals surface area contributed by atoms with Gasteiger partial charge in [-0.25, -0.2) is 9.97 Å². The van der Waals surface area contributed by atoms with Crippen molar-refractivity contribution in [2.24, 2.45) is 0 Å². The van der Waals surface area contributed by atoms with E-state index in [0.29, 0.717) is 18.9 Å². The molecule has 0 saturated carbocycles. The summed E-state index contributed by atoms with van der Waals surface area (Å²) < 4.78 is 5.52. The van der Waals surface area contributed by atoms with E-state index in [-0.39, 0.29) is 30.6 Å². The number of likely N-dealkylation sites (tertiary alicyclic amines) is 1. The van der Waals surface area contributed by atoms with Gasteiger partial charge in [-0.05, 0) is 33.1 Å². The molecule has 2 heterocycles. The van der Waals surface area contributed by atoms with E-state index in [9.17, 15) is 9.59 Å². The smallest absolute Gasteiger partial charge is 0.249 e. The van der Waals surface area contributed by atoms with Gasteiger partial charge in [0.2, 0.25) is 11.8 Å². The highest BCUT2D eigenvalue weighted by atomic mass is 16.5.